The van der Waals surface area contributed by atoms with Crippen molar-refractivity contribution >= 4 is 23.8 Å². The summed E-state index contributed by atoms with van der Waals surface area (Å²) < 4.78 is 10.7. The number of rotatable bonds is 7. The average Bonchev–Trinajstić information content (AvgIpc) is 2.75. The highest BCUT2D eigenvalue weighted by molar-refractivity contribution is 5.91. The fraction of sp³-hybridized carbons (Fsp3) is 0.0455. The van der Waals surface area contributed by atoms with Gasteiger partial charge in [0.2, 0.25) is 0 Å². The molecular weight excluding hydrogens is 372 g/mol. The molecule has 0 amide bonds. The van der Waals surface area contributed by atoms with E-state index in [9.17, 15) is 9.59 Å². The molecular formula is C22H18N2O5. The van der Waals surface area contributed by atoms with Gasteiger partial charge in [0.25, 0.3) is 0 Å². The molecule has 3 aromatic rings. The largest absolute Gasteiger partial charge is 0.493 e. The molecule has 7 heteroatoms. The first kappa shape index (κ1) is 19.6. The number of carbonyl (C=O) groups excluding carboxylic acids is 1. The summed E-state index contributed by atoms with van der Waals surface area (Å²) in [6.07, 6.45) is 1.57. The molecule has 0 saturated carbocycles. The Labute approximate surface area is 167 Å². The lowest BCUT2D eigenvalue weighted by Crippen LogP contribution is -2.09. The Morgan fingerprint density at radius 3 is 2.31 bits per heavy atom. The second kappa shape index (κ2) is 9.18. The lowest BCUT2D eigenvalue weighted by molar-refractivity contribution is 0.0694. The topological polar surface area (TPSA) is 97.2 Å². The highest BCUT2D eigenvalue weighted by atomic mass is 16.6. The molecule has 2 N–H and O–H groups in total. The van der Waals surface area contributed by atoms with Crippen molar-refractivity contribution in [1.82, 2.24) is 0 Å². The average molecular weight is 390 g/mol. The van der Waals surface area contributed by atoms with Crippen LogP contribution in [0.15, 0.2) is 77.9 Å². The maximum atomic E-state index is 12.2. The van der Waals surface area contributed by atoms with Crippen LogP contribution >= 0.6 is 0 Å². The lowest BCUT2D eigenvalue weighted by atomic mass is 10.2. The van der Waals surface area contributed by atoms with Crippen molar-refractivity contribution in [2.24, 2.45) is 5.10 Å². The van der Waals surface area contributed by atoms with Gasteiger partial charge in [-0.15, -0.1) is 0 Å². The summed E-state index contributed by atoms with van der Waals surface area (Å²) >= 11 is 0. The summed E-state index contributed by atoms with van der Waals surface area (Å²) in [6, 6.07) is 19.9. The predicted octanol–water partition coefficient (Wildman–Crippen LogP) is 4.06. The van der Waals surface area contributed by atoms with Crippen molar-refractivity contribution in [3.8, 4) is 11.5 Å². The zero-order chi connectivity index (χ0) is 20.6. The number of carboxylic acids is 1. The molecule has 0 aliphatic heterocycles. The molecule has 0 aliphatic carbocycles. The Hall–Kier alpha value is -4.13. The maximum absolute atomic E-state index is 12.2. The van der Waals surface area contributed by atoms with Gasteiger partial charge in [0.1, 0.15) is 0 Å². The Kier molecular flexibility index (Phi) is 6.22. The van der Waals surface area contributed by atoms with Crippen LogP contribution in [0.2, 0.25) is 0 Å². The first-order valence-corrected chi connectivity index (χ1v) is 8.64. The number of carbonyl (C=O) groups is 2. The number of hydrazone groups is 1. The number of benzene rings is 3. The van der Waals surface area contributed by atoms with Crippen LogP contribution in [0.3, 0.4) is 0 Å². The van der Waals surface area contributed by atoms with E-state index in [0.29, 0.717) is 22.7 Å². The van der Waals surface area contributed by atoms with Gasteiger partial charge >= 0.3 is 11.9 Å². The number of nitrogens with one attached hydrogen (secondary N) is 1. The Morgan fingerprint density at radius 2 is 1.66 bits per heavy atom. The van der Waals surface area contributed by atoms with Crippen molar-refractivity contribution in [3.05, 3.63) is 89.5 Å². The van der Waals surface area contributed by atoms with Crippen molar-refractivity contribution in [2.45, 2.75) is 0 Å². The normalized spacial score (nSPS) is 10.5. The summed E-state index contributed by atoms with van der Waals surface area (Å²) in [5.74, 6) is -0.767. The number of hydrogen-bond acceptors (Lipinski definition) is 6. The van der Waals surface area contributed by atoms with Crippen LogP contribution in [0.1, 0.15) is 26.3 Å². The molecule has 7 nitrogen and oxygen atoms in total. The number of ether oxygens (including phenoxy) is 2. The molecule has 3 aromatic carbocycles. The summed E-state index contributed by atoms with van der Waals surface area (Å²) in [7, 11) is 1.48. The second-order valence-electron chi connectivity index (χ2n) is 5.92. The Bertz CT molecular complexity index is 1030. The standard InChI is InChI=1S/C22H18N2O5/c1-28-20-13-15(14-23-24-18-10-8-16(9-11-18)21(25)26)7-12-19(20)29-22(27)17-5-3-2-4-6-17/h2-14,24H,1H3,(H,25,26)/b23-14+. The highest BCUT2D eigenvalue weighted by Crippen LogP contribution is 2.28. The third kappa shape index (κ3) is 5.20. The molecule has 0 fully saturated rings. The highest BCUT2D eigenvalue weighted by Gasteiger charge is 2.12. The first-order chi connectivity index (χ1) is 14.1. The monoisotopic (exact) mass is 390 g/mol. The quantitative estimate of drug-likeness (QED) is 0.273. The number of carboxylic acid groups (broad SMARTS) is 1. The first-order valence-electron chi connectivity index (χ1n) is 8.64. The van der Waals surface area contributed by atoms with Gasteiger partial charge in [0, 0.05) is 0 Å². The fourth-order valence-electron chi connectivity index (χ4n) is 2.45. The molecule has 0 unspecified atom stereocenters. The van der Waals surface area contributed by atoms with E-state index in [1.54, 1.807) is 60.8 Å². The lowest BCUT2D eigenvalue weighted by Gasteiger charge is -2.10. The van der Waals surface area contributed by atoms with Crippen molar-refractivity contribution in [1.29, 1.82) is 0 Å². The van der Waals surface area contributed by atoms with Crippen LogP contribution in [0.5, 0.6) is 11.5 Å². The van der Waals surface area contributed by atoms with Gasteiger partial charge in [-0.3, -0.25) is 5.43 Å². The summed E-state index contributed by atoms with van der Waals surface area (Å²) in [5, 5.41) is 13.0. The van der Waals surface area contributed by atoms with Crippen LogP contribution in [-0.4, -0.2) is 30.4 Å². The molecule has 0 aliphatic rings. The van der Waals surface area contributed by atoms with Gasteiger partial charge in [0.05, 0.1) is 30.1 Å². The van der Waals surface area contributed by atoms with Crippen molar-refractivity contribution in [3.63, 3.8) is 0 Å². The smallest absolute Gasteiger partial charge is 0.343 e. The van der Waals surface area contributed by atoms with Crippen LogP contribution in [0, 0.1) is 0 Å². The number of hydrogen-bond donors (Lipinski definition) is 2. The molecule has 146 valence electrons. The number of methoxy groups -OCH3 is 1. The third-order valence-corrected chi connectivity index (χ3v) is 3.94. The fourth-order valence-corrected chi connectivity index (χ4v) is 2.45. The van der Waals surface area contributed by atoms with Crippen molar-refractivity contribution < 1.29 is 24.2 Å². The minimum Gasteiger partial charge on any atom is -0.493 e. The van der Waals surface area contributed by atoms with Gasteiger partial charge in [0.15, 0.2) is 11.5 Å². The van der Waals surface area contributed by atoms with Crippen LogP contribution in [-0.2, 0) is 0 Å². The van der Waals surface area contributed by atoms with Gasteiger partial charge in [-0.2, -0.15) is 5.10 Å². The van der Waals surface area contributed by atoms with Crippen molar-refractivity contribution in [2.75, 3.05) is 12.5 Å². The predicted molar refractivity (Wildman–Crippen MR) is 109 cm³/mol. The zero-order valence-corrected chi connectivity index (χ0v) is 15.5. The molecule has 3 rings (SSSR count). The minimum atomic E-state index is -0.986. The van der Waals surface area contributed by atoms with E-state index in [4.69, 9.17) is 14.6 Å². The molecule has 0 atom stereocenters. The third-order valence-electron chi connectivity index (χ3n) is 3.94. The van der Waals surface area contributed by atoms with E-state index in [0.717, 1.165) is 5.56 Å². The number of nitrogens with zero attached hydrogens (tertiary/aromatic N) is 1. The molecule has 29 heavy (non-hydrogen) atoms. The van der Waals surface area contributed by atoms with Gasteiger partial charge in [-0.1, -0.05) is 18.2 Å². The van der Waals surface area contributed by atoms with Gasteiger partial charge in [-0.05, 0) is 60.2 Å². The van der Waals surface area contributed by atoms with E-state index in [1.165, 1.54) is 19.2 Å². The van der Waals surface area contributed by atoms with Crippen LogP contribution in [0.4, 0.5) is 5.69 Å². The minimum absolute atomic E-state index is 0.199. The number of anilines is 1. The number of aromatic carboxylic acids is 1. The Balaban J connectivity index is 1.67. The summed E-state index contributed by atoms with van der Waals surface area (Å²) in [5.41, 5.74) is 4.82. The van der Waals surface area contributed by atoms with Crippen LogP contribution < -0.4 is 14.9 Å². The number of esters is 1. The molecule has 0 saturated heterocycles. The van der Waals surface area contributed by atoms with E-state index in [-0.39, 0.29) is 5.56 Å². The molecule has 0 aromatic heterocycles. The molecule has 0 spiro atoms. The van der Waals surface area contributed by atoms with E-state index < -0.39 is 11.9 Å². The summed E-state index contributed by atoms with van der Waals surface area (Å²) in [6.45, 7) is 0. The van der Waals surface area contributed by atoms with Gasteiger partial charge < -0.3 is 14.6 Å². The SMILES string of the molecule is COc1cc(/C=N/Nc2ccc(C(=O)O)cc2)ccc1OC(=O)c1ccccc1. The summed E-state index contributed by atoms with van der Waals surface area (Å²) in [4.78, 5) is 23.1. The Morgan fingerprint density at radius 1 is 0.931 bits per heavy atom. The van der Waals surface area contributed by atoms with E-state index >= 15 is 0 Å². The molecule has 0 radical (unpaired) electrons. The van der Waals surface area contributed by atoms with E-state index in [1.807, 2.05) is 6.07 Å². The molecule has 0 heterocycles. The second-order valence-corrected chi connectivity index (χ2v) is 5.92. The van der Waals surface area contributed by atoms with E-state index in [2.05, 4.69) is 10.5 Å². The molecule has 0 bridgehead atoms. The maximum Gasteiger partial charge on any atom is 0.343 e. The van der Waals surface area contributed by atoms with Crippen LogP contribution in [0.25, 0.3) is 0 Å². The van der Waals surface area contributed by atoms with Gasteiger partial charge in [-0.25, -0.2) is 9.59 Å². The zero-order valence-electron chi connectivity index (χ0n) is 15.5.